The zero-order valence-corrected chi connectivity index (χ0v) is 13.0. The van der Waals surface area contributed by atoms with Crippen LogP contribution in [0.1, 0.15) is 27.2 Å². The lowest BCUT2D eigenvalue weighted by Crippen LogP contribution is -2.33. The summed E-state index contributed by atoms with van der Waals surface area (Å²) in [6, 6.07) is 3.57. The van der Waals surface area contributed by atoms with Crippen molar-refractivity contribution in [3.8, 4) is 0 Å². The zero-order valence-electron chi connectivity index (χ0n) is 13.0. The average Bonchev–Trinajstić information content (AvgIpc) is 2.89. The maximum Gasteiger partial charge on any atom is 0.407 e. The van der Waals surface area contributed by atoms with Crippen molar-refractivity contribution < 1.29 is 14.2 Å². The molecule has 0 spiro atoms. The number of nitrogens with one attached hydrogen (secondary N) is 2. The van der Waals surface area contributed by atoms with Gasteiger partial charge in [-0.15, -0.1) is 0 Å². The smallest absolute Gasteiger partial charge is 0.407 e. The summed E-state index contributed by atoms with van der Waals surface area (Å²) in [6.45, 7) is 6.64. The van der Waals surface area contributed by atoms with Gasteiger partial charge in [0.1, 0.15) is 5.60 Å². The molecule has 1 aromatic heterocycles. The third-order valence-corrected chi connectivity index (χ3v) is 2.78. The van der Waals surface area contributed by atoms with Crippen molar-refractivity contribution in [2.75, 3.05) is 24.1 Å². The number of rotatable bonds is 5. The van der Waals surface area contributed by atoms with E-state index in [0.29, 0.717) is 29.8 Å². The van der Waals surface area contributed by atoms with Crippen molar-refractivity contribution in [3.63, 3.8) is 0 Å². The Bertz CT molecular complexity index is 647. The Morgan fingerprint density at radius 1 is 1.27 bits per heavy atom. The molecule has 0 radical (unpaired) electrons. The van der Waals surface area contributed by atoms with Crippen LogP contribution in [0.25, 0.3) is 11.0 Å². The minimum Gasteiger partial charge on any atom is -0.444 e. The number of fused-ring (bicyclic) bond motifs is 1. The number of ether oxygens (including phenoxy) is 1. The van der Waals surface area contributed by atoms with E-state index in [1.165, 1.54) is 0 Å². The van der Waals surface area contributed by atoms with Gasteiger partial charge >= 0.3 is 6.09 Å². The van der Waals surface area contributed by atoms with Gasteiger partial charge in [0.15, 0.2) is 11.0 Å². The Hall–Kier alpha value is -2.51. The fraction of sp³-hybridized carbons (Fsp3) is 0.500. The third kappa shape index (κ3) is 4.24. The maximum absolute atomic E-state index is 11.5. The lowest BCUT2D eigenvalue weighted by molar-refractivity contribution is 0.0528. The highest BCUT2D eigenvalue weighted by atomic mass is 16.6. The minimum absolute atomic E-state index is 0.414. The van der Waals surface area contributed by atoms with Gasteiger partial charge < -0.3 is 21.1 Å². The summed E-state index contributed by atoms with van der Waals surface area (Å²) < 4.78 is 9.85. The number of nitrogens with zero attached hydrogens (tertiary/aromatic N) is 2. The summed E-state index contributed by atoms with van der Waals surface area (Å²) in [5.41, 5.74) is 7.74. The van der Waals surface area contributed by atoms with Crippen LogP contribution in [0.5, 0.6) is 0 Å². The van der Waals surface area contributed by atoms with E-state index in [1.807, 2.05) is 26.8 Å². The quantitative estimate of drug-likeness (QED) is 0.572. The second-order valence-corrected chi connectivity index (χ2v) is 5.87. The summed E-state index contributed by atoms with van der Waals surface area (Å²) in [4.78, 5) is 11.5. The number of amides is 1. The van der Waals surface area contributed by atoms with Gasteiger partial charge in [0.05, 0.1) is 11.4 Å². The maximum atomic E-state index is 11.5. The fourth-order valence-corrected chi connectivity index (χ4v) is 1.84. The number of nitrogens with two attached hydrogens (primary N) is 1. The molecule has 0 saturated carbocycles. The van der Waals surface area contributed by atoms with Gasteiger partial charge in [-0.1, -0.05) is 0 Å². The summed E-state index contributed by atoms with van der Waals surface area (Å²) in [7, 11) is 0. The van der Waals surface area contributed by atoms with Crippen LogP contribution in [0.15, 0.2) is 16.8 Å². The van der Waals surface area contributed by atoms with Crippen molar-refractivity contribution in [2.45, 2.75) is 32.8 Å². The predicted molar refractivity (Wildman–Crippen MR) is 83.6 cm³/mol. The molecular weight excluding hydrogens is 286 g/mol. The Labute approximate surface area is 128 Å². The van der Waals surface area contributed by atoms with Gasteiger partial charge in [-0.2, -0.15) is 0 Å². The third-order valence-electron chi connectivity index (χ3n) is 2.78. The minimum atomic E-state index is -0.488. The van der Waals surface area contributed by atoms with Crippen LogP contribution in [0.4, 0.5) is 16.2 Å². The monoisotopic (exact) mass is 307 g/mol. The van der Waals surface area contributed by atoms with Crippen molar-refractivity contribution in [2.24, 2.45) is 0 Å². The molecule has 0 bridgehead atoms. The summed E-state index contributed by atoms with van der Waals surface area (Å²) in [5, 5.41) is 13.5. The number of benzene rings is 1. The Morgan fingerprint density at radius 2 is 2.00 bits per heavy atom. The first-order valence-corrected chi connectivity index (χ1v) is 7.08. The Balaban J connectivity index is 1.76. The van der Waals surface area contributed by atoms with Crippen LogP contribution in [0, 0.1) is 0 Å². The molecular formula is C14H21N5O3. The first-order chi connectivity index (χ1) is 10.4. The highest BCUT2D eigenvalue weighted by Crippen LogP contribution is 2.24. The molecule has 0 aliphatic rings. The molecule has 0 aliphatic heterocycles. The average molecular weight is 307 g/mol. The molecule has 120 valence electrons. The number of nitrogen functional groups attached to an aromatic ring is 1. The van der Waals surface area contributed by atoms with E-state index in [9.17, 15) is 4.79 Å². The van der Waals surface area contributed by atoms with E-state index in [4.69, 9.17) is 15.1 Å². The topological polar surface area (TPSA) is 115 Å². The van der Waals surface area contributed by atoms with Crippen LogP contribution in [-0.2, 0) is 4.74 Å². The normalized spacial score (nSPS) is 11.4. The van der Waals surface area contributed by atoms with Crippen LogP contribution in [0.3, 0.4) is 0 Å². The van der Waals surface area contributed by atoms with Crippen molar-refractivity contribution >= 4 is 28.5 Å². The van der Waals surface area contributed by atoms with E-state index >= 15 is 0 Å². The number of anilines is 2. The molecule has 8 heteroatoms. The molecule has 8 nitrogen and oxygen atoms in total. The van der Waals surface area contributed by atoms with Crippen molar-refractivity contribution in [3.05, 3.63) is 12.1 Å². The fourth-order valence-electron chi connectivity index (χ4n) is 1.84. The Kier molecular flexibility index (Phi) is 4.69. The highest BCUT2D eigenvalue weighted by Gasteiger charge is 2.15. The first-order valence-electron chi connectivity index (χ1n) is 7.08. The molecule has 2 aromatic rings. The number of carbonyl (C=O) groups excluding carboxylic acids is 1. The second-order valence-electron chi connectivity index (χ2n) is 5.87. The molecule has 0 unspecified atom stereocenters. The van der Waals surface area contributed by atoms with E-state index in [0.717, 1.165) is 12.1 Å². The van der Waals surface area contributed by atoms with Crippen molar-refractivity contribution in [1.29, 1.82) is 0 Å². The van der Waals surface area contributed by atoms with Crippen LogP contribution in [0.2, 0.25) is 0 Å². The van der Waals surface area contributed by atoms with Crippen LogP contribution >= 0.6 is 0 Å². The zero-order chi connectivity index (χ0) is 16.2. The molecule has 0 atom stereocenters. The summed E-state index contributed by atoms with van der Waals surface area (Å²) in [6.07, 6.45) is 0.319. The van der Waals surface area contributed by atoms with Gasteiger partial charge in [0.25, 0.3) is 0 Å². The molecule has 0 fully saturated rings. The molecule has 4 N–H and O–H groups in total. The standard InChI is InChI=1S/C14H21N5O3/c1-14(2,3)21-13(20)17-8-4-7-16-10-6-5-9(15)11-12(10)19-22-18-11/h5-6,16H,4,7-8,15H2,1-3H3,(H,17,20). The number of hydrogen-bond acceptors (Lipinski definition) is 7. The summed E-state index contributed by atoms with van der Waals surface area (Å²) >= 11 is 0. The van der Waals surface area contributed by atoms with E-state index in [1.54, 1.807) is 6.07 Å². The lowest BCUT2D eigenvalue weighted by Gasteiger charge is -2.19. The van der Waals surface area contributed by atoms with Crippen molar-refractivity contribution in [1.82, 2.24) is 15.6 Å². The molecule has 1 aromatic carbocycles. The number of carbonyl (C=O) groups is 1. The molecule has 2 rings (SSSR count). The Morgan fingerprint density at radius 3 is 2.73 bits per heavy atom. The van der Waals surface area contributed by atoms with Gasteiger partial charge in [0.2, 0.25) is 0 Å². The van der Waals surface area contributed by atoms with Gasteiger partial charge in [-0.3, -0.25) is 0 Å². The molecule has 1 heterocycles. The van der Waals surface area contributed by atoms with Crippen LogP contribution in [-0.4, -0.2) is 35.1 Å². The lowest BCUT2D eigenvalue weighted by atomic mass is 10.2. The molecule has 0 aliphatic carbocycles. The molecule has 22 heavy (non-hydrogen) atoms. The first kappa shape index (κ1) is 15.9. The molecule has 1 amide bonds. The van der Waals surface area contributed by atoms with Crippen LogP contribution < -0.4 is 16.4 Å². The van der Waals surface area contributed by atoms with E-state index < -0.39 is 11.7 Å². The highest BCUT2D eigenvalue weighted by molar-refractivity contribution is 5.94. The van der Waals surface area contributed by atoms with E-state index in [-0.39, 0.29) is 0 Å². The second kappa shape index (κ2) is 6.50. The van der Waals surface area contributed by atoms with Gasteiger partial charge in [-0.05, 0) is 49.6 Å². The van der Waals surface area contributed by atoms with Gasteiger partial charge in [0, 0.05) is 13.1 Å². The summed E-state index contributed by atoms with van der Waals surface area (Å²) in [5.74, 6) is 0. The largest absolute Gasteiger partial charge is 0.444 e. The van der Waals surface area contributed by atoms with E-state index in [2.05, 4.69) is 20.9 Å². The number of aromatic nitrogens is 2. The predicted octanol–water partition coefficient (Wildman–Crippen LogP) is 2.13. The molecule has 0 saturated heterocycles. The number of alkyl carbamates (subject to hydrolysis) is 1. The number of hydrogen-bond donors (Lipinski definition) is 3. The SMILES string of the molecule is CC(C)(C)OC(=O)NCCCNc1ccc(N)c2nonc12. The van der Waals surface area contributed by atoms with Gasteiger partial charge in [-0.25, -0.2) is 9.42 Å².